The Labute approximate surface area is 149 Å². The van der Waals surface area contributed by atoms with E-state index in [1.54, 1.807) is 18.2 Å². The Morgan fingerprint density at radius 3 is 2.68 bits per heavy atom. The van der Waals surface area contributed by atoms with Gasteiger partial charge in [0.15, 0.2) is 0 Å². The Bertz CT molecular complexity index is 667. The summed E-state index contributed by atoms with van der Waals surface area (Å²) in [5.74, 6) is -0.572. The number of nitrogens with zero attached hydrogens (tertiary/aromatic N) is 2. The summed E-state index contributed by atoms with van der Waals surface area (Å²) in [7, 11) is 0.492. The zero-order valence-electron chi connectivity index (χ0n) is 14.3. The van der Waals surface area contributed by atoms with Crippen molar-refractivity contribution in [3.05, 3.63) is 23.8 Å². The van der Waals surface area contributed by atoms with Crippen molar-refractivity contribution in [2.75, 3.05) is 38.3 Å². The molecule has 1 aliphatic heterocycles. The first-order valence-electron chi connectivity index (χ1n) is 8.52. The molecular weight excluding hydrogens is 345 g/mol. The lowest BCUT2D eigenvalue weighted by Gasteiger charge is -2.29. The van der Waals surface area contributed by atoms with E-state index in [0.29, 0.717) is 55.3 Å². The first-order valence-corrected chi connectivity index (χ1v) is 9.63. The van der Waals surface area contributed by atoms with Gasteiger partial charge in [-0.3, -0.25) is 4.79 Å². The summed E-state index contributed by atoms with van der Waals surface area (Å²) >= 11 is 0. The fourth-order valence-corrected chi connectivity index (χ4v) is 4.62. The molecule has 2 N–H and O–H groups in total. The Morgan fingerprint density at radius 2 is 2.08 bits per heavy atom. The van der Waals surface area contributed by atoms with Gasteiger partial charge in [-0.25, -0.2) is 12.9 Å². The zero-order chi connectivity index (χ0) is 18.0. The Hall–Kier alpha value is -1.51. The van der Waals surface area contributed by atoms with Gasteiger partial charge in [-0.2, -0.15) is 0 Å². The van der Waals surface area contributed by atoms with Crippen LogP contribution in [0.1, 0.15) is 29.6 Å². The summed E-state index contributed by atoms with van der Waals surface area (Å²) in [6.07, 6.45) is 0.950. The molecule has 0 aromatic heterocycles. The predicted octanol–water partition coefficient (Wildman–Crippen LogP) is 1.47. The third kappa shape index (κ3) is 4.02. The number of carbonyl (C=O) groups is 1. The highest BCUT2D eigenvalue weighted by Crippen LogP contribution is 2.32. The summed E-state index contributed by atoms with van der Waals surface area (Å²) in [5.41, 5.74) is 6.54. The number of nitrogens with two attached hydrogens (primary N) is 1. The molecule has 3 rings (SSSR count). The Kier molecular flexibility index (Phi) is 5.71. The maximum Gasteiger partial charge on any atom is 0.250 e. The number of hydrogen-bond acceptors (Lipinski definition) is 4. The number of carbonyl (C=O) groups excluding carboxylic acids is 1. The van der Waals surface area contributed by atoms with E-state index in [-0.39, 0.29) is 6.04 Å². The smallest absolute Gasteiger partial charge is 0.250 e. The molecule has 0 bridgehead atoms. The lowest BCUT2D eigenvalue weighted by Crippen LogP contribution is -2.37. The Morgan fingerprint density at radius 1 is 1.36 bits per heavy atom. The van der Waals surface area contributed by atoms with Gasteiger partial charge in [-0.1, -0.05) is 0 Å². The molecule has 2 fully saturated rings. The summed E-state index contributed by atoms with van der Waals surface area (Å²) < 4.78 is 33.3. The number of anilines is 1. The molecule has 6 nitrogen and oxygen atoms in total. The molecule has 138 valence electrons. The maximum absolute atomic E-state index is 13.5. The molecule has 0 radical (unpaired) electrons. The summed E-state index contributed by atoms with van der Waals surface area (Å²) in [6.45, 7) is 2.25. The van der Waals surface area contributed by atoms with Crippen molar-refractivity contribution >= 4 is 22.6 Å². The van der Waals surface area contributed by atoms with Crippen molar-refractivity contribution in [2.24, 2.45) is 5.73 Å². The van der Waals surface area contributed by atoms with E-state index < -0.39 is 23.1 Å². The van der Waals surface area contributed by atoms with E-state index >= 15 is 0 Å². The number of morpholine rings is 1. The average molecular weight is 369 g/mol. The van der Waals surface area contributed by atoms with Crippen molar-refractivity contribution in [1.82, 2.24) is 4.31 Å². The zero-order valence-corrected chi connectivity index (χ0v) is 15.1. The molecule has 1 aliphatic carbocycles. The van der Waals surface area contributed by atoms with Crippen molar-refractivity contribution in [1.29, 1.82) is 0 Å². The van der Waals surface area contributed by atoms with Crippen LogP contribution in [-0.4, -0.2) is 60.0 Å². The molecule has 2 aliphatic rings. The van der Waals surface area contributed by atoms with Crippen LogP contribution in [0, 0.1) is 0 Å². The van der Waals surface area contributed by atoms with Crippen molar-refractivity contribution in [3.8, 4) is 0 Å². The van der Waals surface area contributed by atoms with E-state index in [1.807, 2.05) is 16.3 Å². The highest BCUT2D eigenvalue weighted by molar-refractivity contribution is 7.82. The number of hydrogen-bond donors (Lipinski definition) is 1. The molecule has 3 unspecified atom stereocenters. The number of ether oxygens (including phenoxy) is 1. The van der Waals surface area contributed by atoms with Gasteiger partial charge in [-0.15, -0.1) is 0 Å². The minimum absolute atomic E-state index is 0.0451. The monoisotopic (exact) mass is 369 g/mol. The van der Waals surface area contributed by atoms with Gasteiger partial charge in [-0.05, 0) is 37.5 Å². The van der Waals surface area contributed by atoms with Crippen LogP contribution in [0.25, 0.3) is 0 Å². The average Bonchev–Trinajstić information content (AvgIpc) is 3.07. The van der Waals surface area contributed by atoms with E-state index in [4.69, 9.17) is 10.5 Å². The van der Waals surface area contributed by atoms with Crippen LogP contribution in [-0.2, 0) is 15.7 Å². The molecule has 0 spiro atoms. The highest BCUT2D eigenvalue weighted by atomic mass is 32.2. The van der Waals surface area contributed by atoms with Crippen LogP contribution in [0.2, 0.25) is 0 Å². The number of amides is 1. The molecule has 1 aromatic rings. The normalized spacial score (nSPS) is 25.7. The van der Waals surface area contributed by atoms with E-state index in [2.05, 4.69) is 0 Å². The second-order valence-electron chi connectivity index (χ2n) is 6.51. The van der Waals surface area contributed by atoms with Gasteiger partial charge in [0.1, 0.15) is 17.2 Å². The molecular formula is C17H24FN3O3S. The van der Waals surface area contributed by atoms with Crippen LogP contribution in [0.5, 0.6) is 0 Å². The minimum atomic E-state index is -1.36. The lowest BCUT2D eigenvalue weighted by atomic mass is 10.1. The third-order valence-corrected chi connectivity index (χ3v) is 6.40. The largest absolute Gasteiger partial charge is 0.379 e. The van der Waals surface area contributed by atoms with Crippen LogP contribution in [0.3, 0.4) is 0 Å². The van der Waals surface area contributed by atoms with Crippen molar-refractivity contribution in [3.63, 3.8) is 0 Å². The number of alkyl halides is 1. The molecule has 1 saturated heterocycles. The standard InChI is InChI=1S/C17H24FN3O3S/c1-20(13-3-2-12(18)10-13)16-5-4-14(11-15(16)17(19)22)25(23)21-6-8-24-9-7-21/h4-5,11-13H,2-3,6-10H2,1H3,(H2,19,22). The number of halogens is 1. The maximum atomic E-state index is 13.5. The van der Waals surface area contributed by atoms with Gasteiger partial charge in [0.05, 0.1) is 23.7 Å². The van der Waals surface area contributed by atoms with E-state index in [0.717, 1.165) is 6.42 Å². The highest BCUT2D eigenvalue weighted by Gasteiger charge is 2.29. The topological polar surface area (TPSA) is 75.9 Å². The molecule has 1 heterocycles. The molecule has 1 saturated carbocycles. The van der Waals surface area contributed by atoms with Gasteiger partial charge >= 0.3 is 0 Å². The summed E-state index contributed by atoms with van der Waals surface area (Å²) in [4.78, 5) is 14.4. The first-order chi connectivity index (χ1) is 12.0. The quantitative estimate of drug-likeness (QED) is 0.853. The minimum Gasteiger partial charge on any atom is -0.379 e. The summed E-state index contributed by atoms with van der Waals surface area (Å²) in [6, 6.07) is 5.16. The van der Waals surface area contributed by atoms with E-state index in [1.165, 1.54) is 0 Å². The molecule has 8 heteroatoms. The fourth-order valence-electron chi connectivity index (χ4n) is 3.44. The van der Waals surface area contributed by atoms with Gasteiger partial charge in [0, 0.05) is 31.9 Å². The molecule has 25 heavy (non-hydrogen) atoms. The SMILES string of the molecule is CN(c1ccc(S(=O)N2CCOCC2)cc1C(N)=O)C1CCC(F)C1. The van der Waals surface area contributed by atoms with Crippen LogP contribution in [0.15, 0.2) is 23.1 Å². The van der Waals surface area contributed by atoms with Crippen LogP contribution >= 0.6 is 0 Å². The second-order valence-corrected chi connectivity index (χ2v) is 7.99. The van der Waals surface area contributed by atoms with Gasteiger partial charge < -0.3 is 15.4 Å². The number of benzene rings is 1. The van der Waals surface area contributed by atoms with Gasteiger partial charge in [0.25, 0.3) is 5.91 Å². The predicted molar refractivity (Wildman–Crippen MR) is 94.7 cm³/mol. The third-order valence-electron chi connectivity index (χ3n) is 4.91. The first kappa shape index (κ1) is 18.3. The molecule has 3 atom stereocenters. The number of rotatable bonds is 5. The fraction of sp³-hybridized carbons (Fsp3) is 0.588. The van der Waals surface area contributed by atoms with Crippen molar-refractivity contribution in [2.45, 2.75) is 36.4 Å². The summed E-state index contributed by atoms with van der Waals surface area (Å²) in [5, 5.41) is 0. The van der Waals surface area contributed by atoms with Crippen LogP contribution in [0.4, 0.5) is 10.1 Å². The van der Waals surface area contributed by atoms with E-state index in [9.17, 15) is 13.4 Å². The molecule has 1 aromatic carbocycles. The molecule has 1 amide bonds. The van der Waals surface area contributed by atoms with Crippen molar-refractivity contribution < 1.29 is 18.1 Å². The van der Waals surface area contributed by atoms with Crippen LogP contribution < -0.4 is 10.6 Å². The Balaban J connectivity index is 1.85. The number of primary amides is 1. The second kappa shape index (κ2) is 7.80. The van der Waals surface area contributed by atoms with Gasteiger partial charge in [0.2, 0.25) is 0 Å². The lowest BCUT2D eigenvalue weighted by molar-refractivity contribution is 0.0752.